The van der Waals surface area contributed by atoms with Crippen LogP contribution < -0.4 is 0 Å². The van der Waals surface area contributed by atoms with E-state index in [2.05, 4.69) is 4.98 Å². The van der Waals surface area contributed by atoms with Crippen LogP contribution in [-0.2, 0) is 6.42 Å². The Morgan fingerprint density at radius 2 is 2.12 bits per heavy atom. The van der Waals surface area contributed by atoms with Crippen LogP contribution in [0.25, 0.3) is 0 Å². The second-order valence-electron chi connectivity index (χ2n) is 3.61. The van der Waals surface area contributed by atoms with Crippen molar-refractivity contribution in [1.29, 1.82) is 5.26 Å². The first-order valence-corrected chi connectivity index (χ1v) is 5.39. The summed E-state index contributed by atoms with van der Waals surface area (Å²) in [6.07, 6.45) is 2.10. The quantitative estimate of drug-likeness (QED) is 0.884. The van der Waals surface area contributed by atoms with Gasteiger partial charge in [-0.15, -0.1) is 0 Å². The molecule has 0 fully saturated rings. The summed E-state index contributed by atoms with van der Waals surface area (Å²) in [6, 6.07) is 10.4. The molecule has 2 aromatic rings. The van der Waals surface area contributed by atoms with E-state index in [1.54, 1.807) is 36.5 Å². The zero-order valence-electron chi connectivity index (χ0n) is 8.89. The van der Waals surface area contributed by atoms with Crippen molar-refractivity contribution in [3.8, 4) is 11.8 Å². The molecule has 4 heteroatoms. The SMILES string of the molecule is N#Cc1cc(Cc2cc(Cl)ccc2O)ccn1. The van der Waals surface area contributed by atoms with Crippen LogP contribution in [0.1, 0.15) is 16.8 Å². The Morgan fingerprint density at radius 3 is 2.88 bits per heavy atom. The van der Waals surface area contributed by atoms with Crippen molar-refractivity contribution in [2.45, 2.75) is 6.42 Å². The summed E-state index contributed by atoms with van der Waals surface area (Å²) in [5.74, 6) is 0.199. The molecule has 2 rings (SSSR count). The lowest BCUT2D eigenvalue weighted by atomic mass is 10.0. The maximum atomic E-state index is 9.68. The number of phenols is 1. The van der Waals surface area contributed by atoms with Gasteiger partial charge in [-0.05, 0) is 41.5 Å². The first kappa shape index (κ1) is 11.4. The van der Waals surface area contributed by atoms with Crippen molar-refractivity contribution in [3.63, 3.8) is 0 Å². The van der Waals surface area contributed by atoms with Crippen molar-refractivity contribution < 1.29 is 5.11 Å². The molecule has 84 valence electrons. The highest BCUT2D eigenvalue weighted by Gasteiger charge is 2.04. The number of halogens is 1. The Labute approximate surface area is 104 Å². The van der Waals surface area contributed by atoms with Crippen LogP contribution in [0.2, 0.25) is 5.02 Å². The van der Waals surface area contributed by atoms with Gasteiger partial charge in [-0.3, -0.25) is 0 Å². The number of nitrogens with zero attached hydrogens (tertiary/aromatic N) is 2. The van der Waals surface area contributed by atoms with Crippen LogP contribution >= 0.6 is 11.6 Å². The fourth-order valence-corrected chi connectivity index (χ4v) is 1.76. The standard InChI is InChI=1S/C13H9ClN2O/c14-11-1-2-13(17)10(7-11)5-9-3-4-16-12(6-9)8-15/h1-4,6-7,17H,5H2. The van der Waals surface area contributed by atoms with Gasteiger partial charge in [-0.25, -0.2) is 4.98 Å². The van der Waals surface area contributed by atoms with Crippen LogP contribution in [0.4, 0.5) is 0 Å². The predicted molar refractivity (Wildman–Crippen MR) is 64.9 cm³/mol. The fraction of sp³-hybridized carbons (Fsp3) is 0.0769. The molecule has 1 N–H and O–H groups in total. The molecule has 0 saturated carbocycles. The number of benzene rings is 1. The third kappa shape index (κ3) is 2.74. The van der Waals surface area contributed by atoms with E-state index in [4.69, 9.17) is 16.9 Å². The monoisotopic (exact) mass is 244 g/mol. The molecular weight excluding hydrogens is 236 g/mol. The molecule has 0 aliphatic rings. The Bertz CT molecular complexity index is 590. The molecule has 0 spiro atoms. The smallest absolute Gasteiger partial charge is 0.140 e. The Morgan fingerprint density at radius 1 is 1.29 bits per heavy atom. The summed E-state index contributed by atoms with van der Waals surface area (Å²) < 4.78 is 0. The van der Waals surface area contributed by atoms with E-state index in [1.165, 1.54) is 0 Å². The summed E-state index contributed by atoms with van der Waals surface area (Å²) in [6.45, 7) is 0. The van der Waals surface area contributed by atoms with Crippen molar-refractivity contribution in [3.05, 3.63) is 58.4 Å². The van der Waals surface area contributed by atoms with Gasteiger partial charge >= 0.3 is 0 Å². The summed E-state index contributed by atoms with van der Waals surface area (Å²) >= 11 is 5.87. The largest absolute Gasteiger partial charge is 0.508 e. The molecule has 1 aromatic carbocycles. The average Bonchev–Trinajstić information content (AvgIpc) is 2.34. The molecular formula is C13H9ClN2O. The molecule has 0 aliphatic carbocycles. The molecule has 1 heterocycles. The van der Waals surface area contributed by atoms with Crippen LogP contribution in [0, 0.1) is 11.3 Å². The van der Waals surface area contributed by atoms with Crippen molar-refractivity contribution >= 4 is 11.6 Å². The molecule has 0 bridgehead atoms. The molecule has 0 aliphatic heterocycles. The molecule has 0 radical (unpaired) electrons. The number of hydrogen-bond acceptors (Lipinski definition) is 3. The number of hydrogen-bond donors (Lipinski definition) is 1. The van der Waals surface area contributed by atoms with Crippen LogP contribution in [0.15, 0.2) is 36.5 Å². The van der Waals surface area contributed by atoms with E-state index in [1.807, 2.05) is 6.07 Å². The van der Waals surface area contributed by atoms with Gasteiger partial charge in [0.1, 0.15) is 17.5 Å². The van der Waals surface area contributed by atoms with E-state index >= 15 is 0 Å². The van der Waals surface area contributed by atoms with Crippen LogP contribution in [0.5, 0.6) is 5.75 Å². The molecule has 0 saturated heterocycles. The summed E-state index contributed by atoms with van der Waals surface area (Å²) in [5.41, 5.74) is 2.01. The minimum atomic E-state index is 0.199. The van der Waals surface area contributed by atoms with Crippen molar-refractivity contribution in [2.75, 3.05) is 0 Å². The second kappa shape index (κ2) is 4.86. The number of rotatable bonds is 2. The van der Waals surface area contributed by atoms with Gasteiger partial charge < -0.3 is 5.11 Å². The third-order valence-corrected chi connectivity index (χ3v) is 2.61. The Hall–Kier alpha value is -2.05. The number of pyridine rings is 1. The molecule has 1 aromatic heterocycles. The minimum absolute atomic E-state index is 0.199. The third-order valence-electron chi connectivity index (χ3n) is 2.38. The highest BCUT2D eigenvalue weighted by atomic mass is 35.5. The highest BCUT2D eigenvalue weighted by molar-refractivity contribution is 6.30. The number of aromatic hydroxyl groups is 1. The Kier molecular flexibility index (Phi) is 3.27. The molecule has 3 nitrogen and oxygen atoms in total. The molecule has 0 amide bonds. The number of aromatic nitrogens is 1. The maximum Gasteiger partial charge on any atom is 0.140 e. The lowest BCUT2D eigenvalue weighted by molar-refractivity contribution is 0.469. The average molecular weight is 245 g/mol. The second-order valence-corrected chi connectivity index (χ2v) is 4.05. The van der Waals surface area contributed by atoms with E-state index in [9.17, 15) is 5.11 Å². The van der Waals surface area contributed by atoms with Crippen LogP contribution in [-0.4, -0.2) is 10.1 Å². The lowest BCUT2D eigenvalue weighted by Crippen LogP contribution is -1.91. The van der Waals surface area contributed by atoms with Gasteiger partial charge in [0, 0.05) is 17.6 Å². The van der Waals surface area contributed by atoms with Gasteiger partial charge in [-0.2, -0.15) is 5.26 Å². The van der Waals surface area contributed by atoms with E-state index in [0.717, 1.165) is 11.1 Å². The van der Waals surface area contributed by atoms with E-state index in [-0.39, 0.29) is 5.75 Å². The molecule has 0 unspecified atom stereocenters. The highest BCUT2D eigenvalue weighted by Crippen LogP contribution is 2.24. The number of phenolic OH excluding ortho intramolecular Hbond substituents is 1. The molecule has 0 atom stereocenters. The summed E-state index contributed by atoms with van der Waals surface area (Å²) in [7, 11) is 0. The van der Waals surface area contributed by atoms with Gasteiger partial charge in [0.25, 0.3) is 0 Å². The minimum Gasteiger partial charge on any atom is -0.508 e. The van der Waals surface area contributed by atoms with Gasteiger partial charge in [0.2, 0.25) is 0 Å². The lowest BCUT2D eigenvalue weighted by Gasteiger charge is -2.05. The number of nitriles is 1. The van der Waals surface area contributed by atoms with Crippen LogP contribution in [0.3, 0.4) is 0 Å². The normalized spacial score (nSPS) is 9.88. The Balaban J connectivity index is 2.31. The maximum absolute atomic E-state index is 9.68. The van der Waals surface area contributed by atoms with Crippen molar-refractivity contribution in [1.82, 2.24) is 4.98 Å². The van der Waals surface area contributed by atoms with E-state index < -0.39 is 0 Å². The summed E-state index contributed by atoms with van der Waals surface area (Å²) in [5, 5.41) is 19.0. The molecule has 17 heavy (non-hydrogen) atoms. The fourth-order valence-electron chi connectivity index (χ4n) is 1.56. The zero-order chi connectivity index (χ0) is 12.3. The first-order valence-electron chi connectivity index (χ1n) is 5.01. The van der Waals surface area contributed by atoms with Gasteiger partial charge in [-0.1, -0.05) is 11.6 Å². The predicted octanol–water partition coefficient (Wildman–Crippen LogP) is 2.90. The van der Waals surface area contributed by atoms with E-state index in [0.29, 0.717) is 17.1 Å². The first-order chi connectivity index (χ1) is 8.19. The summed E-state index contributed by atoms with van der Waals surface area (Å²) in [4.78, 5) is 3.89. The van der Waals surface area contributed by atoms with Gasteiger partial charge in [0.15, 0.2) is 0 Å². The van der Waals surface area contributed by atoms with Crippen molar-refractivity contribution in [2.24, 2.45) is 0 Å². The zero-order valence-corrected chi connectivity index (χ0v) is 9.65. The topological polar surface area (TPSA) is 56.9 Å². The van der Waals surface area contributed by atoms with Gasteiger partial charge in [0.05, 0.1) is 0 Å².